The minimum Gasteiger partial charge on any atom is -0.352 e. The Balaban J connectivity index is 2.06. The number of carbonyl (C=O) groups is 2. The van der Waals surface area contributed by atoms with Crippen LogP contribution in [-0.4, -0.2) is 43.8 Å². The molecule has 7 nitrogen and oxygen atoms in total. The van der Waals surface area contributed by atoms with Crippen LogP contribution in [-0.2, 0) is 26.2 Å². The van der Waals surface area contributed by atoms with Crippen LogP contribution >= 0.6 is 11.6 Å². The lowest BCUT2D eigenvalue weighted by Crippen LogP contribution is -2.52. The minimum atomic E-state index is -4.14. The molecule has 9 heteroatoms. The smallest absolute Gasteiger partial charge is 0.264 e. The van der Waals surface area contributed by atoms with E-state index < -0.39 is 28.5 Å². The number of hydrogen-bond acceptors (Lipinski definition) is 4. The Labute approximate surface area is 230 Å². The van der Waals surface area contributed by atoms with Gasteiger partial charge in [0.05, 0.1) is 10.6 Å². The van der Waals surface area contributed by atoms with Crippen molar-refractivity contribution in [1.29, 1.82) is 0 Å². The second-order valence-electron chi connectivity index (χ2n) is 9.60. The van der Waals surface area contributed by atoms with Gasteiger partial charge < -0.3 is 10.2 Å². The number of benzene rings is 3. The highest BCUT2D eigenvalue weighted by atomic mass is 35.5. The highest BCUT2D eigenvalue weighted by Gasteiger charge is 2.33. The summed E-state index contributed by atoms with van der Waals surface area (Å²) in [6.07, 6.45) is 0. The first kappa shape index (κ1) is 29.2. The van der Waals surface area contributed by atoms with Gasteiger partial charge in [0.1, 0.15) is 12.6 Å². The summed E-state index contributed by atoms with van der Waals surface area (Å²) < 4.78 is 28.7. The molecule has 0 aliphatic heterocycles. The van der Waals surface area contributed by atoms with Crippen molar-refractivity contribution in [1.82, 2.24) is 10.2 Å². The average Bonchev–Trinajstić information content (AvgIpc) is 2.88. The Morgan fingerprint density at radius 2 is 1.55 bits per heavy atom. The van der Waals surface area contributed by atoms with Crippen LogP contribution in [0.1, 0.15) is 37.5 Å². The van der Waals surface area contributed by atoms with Gasteiger partial charge in [0.25, 0.3) is 10.0 Å². The van der Waals surface area contributed by atoms with E-state index >= 15 is 0 Å². The van der Waals surface area contributed by atoms with E-state index in [1.54, 1.807) is 44.2 Å². The summed E-state index contributed by atoms with van der Waals surface area (Å²) in [6, 6.07) is 19.5. The summed E-state index contributed by atoms with van der Waals surface area (Å²) in [4.78, 5) is 28.3. The van der Waals surface area contributed by atoms with E-state index in [1.807, 2.05) is 45.0 Å². The van der Waals surface area contributed by atoms with Crippen LogP contribution in [0.2, 0.25) is 5.02 Å². The standard InChI is InChI=1S/C29H34ClN3O4S/c1-20(2)31-29(35)23(5)32(18-24-14-11-21(3)12-15-24)28(34)19-33(27-17-25(30)16-13-22(27)4)38(36,37)26-9-7-6-8-10-26/h6-17,20,23H,18-19H2,1-5H3,(H,31,35). The number of amides is 2. The third kappa shape index (κ3) is 7.14. The number of rotatable bonds is 10. The number of sulfonamides is 1. The van der Waals surface area contributed by atoms with Crippen molar-refractivity contribution in [3.63, 3.8) is 0 Å². The van der Waals surface area contributed by atoms with Gasteiger partial charge >= 0.3 is 0 Å². The highest BCUT2D eigenvalue weighted by molar-refractivity contribution is 7.92. The van der Waals surface area contributed by atoms with Crippen LogP contribution < -0.4 is 9.62 Å². The lowest BCUT2D eigenvalue weighted by atomic mass is 10.1. The van der Waals surface area contributed by atoms with Gasteiger partial charge in [0.2, 0.25) is 11.8 Å². The Hall–Kier alpha value is -3.36. The van der Waals surface area contributed by atoms with Gasteiger partial charge in [-0.05, 0) is 70.0 Å². The van der Waals surface area contributed by atoms with Gasteiger partial charge in [-0.3, -0.25) is 13.9 Å². The van der Waals surface area contributed by atoms with Crippen molar-refractivity contribution < 1.29 is 18.0 Å². The van der Waals surface area contributed by atoms with Gasteiger partial charge in [0.15, 0.2) is 0 Å². The number of nitrogens with one attached hydrogen (secondary N) is 1. The molecule has 3 rings (SSSR count). The van der Waals surface area contributed by atoms with Crippen molar-refractivity contribution in [3.8, 4) is 0 Å². The SMILES string of the molecule is Cc1ccc(CN(C(=O)CN(c2cc(Cl)ccc2C)S(=O)(=O)c2ccccc2)C(C)C(=O)NC(C)C)cc1. The summed E-state index contributed by atoms with van der Waals surface area (Å²) in [5.74, 6) is -0.840. The molecule has 1 N–H and O–H groups in total. The fourth-order valence-corrected chi connectivity index (χ4v) is 5.62. The van der Waals surface area contributed by atoms with Crippen molar-refractivity contribution >= 4 is 39.1 Å². The Morgan fingerprint density at radius 1 is 0.921 bits per heavy atom. The minimum absolute atomic E-state index is 0.0443. The maximum absolute atomic E-state index is 13.9. The average molecular weight is 556 g/mol. The molecule has 0 aromatic heterocycles. The van der Waals surface area contributed by atoms with Gasteiger partial charge in [-0.1, -0.05) is 65.7 Å². The molecule has 0 radical (unpaired) electrons. The highest BCUT2D eigenvalue weighted by Crippen LogP contribution is 2.30. The van der Waals surface area contributed by atoms with Crippen molar-refractivity contribution in [2.75, 3.05) is 10.8 Å². The molecule has 1 unspecified atom stereocenters. The molecule has 202 valence electrons. The number of hydrogen-bond donors (Lipinski definition) is 1. The van der Waals surface area contributed by atoms with Gasteiger partial charge in [0, 0.05) is 17.6 Å². The monoisotopic (exact) mass is 555 g/mol. The molecule has 0 fully saturated rings. The van der Waals surface area contributed by atoms with Crippen LogP contribution in [0.25, 0.3) is 0 Å². The molecule has 0 bridgehead atoms. The maximum atomic E-state index is 13.9. The summed E-state index contributed by atoms with van der Waals surface area (Å²) in [5, 5.41) is 3.19. The van der Waals surface area contributed by atoms with Gasteiger partial charge in [-0.25, -0.2) is 8.42 Å². The van der Waals surface area contributed by atoms with Crippen molar-refractivity contribution in [2.45, 2.75) is 58.1 Å². The van der Waals surface area contributed by atoms with E-state index in [1.165, 1.54) is 23.1 Å². The fraction of sp³-hybridized carbons (Fsp3) is 0.310. The van der Waals surface area contributed by atoms with Crippen LogP contribution in [0.3, 0.4) is 0 Å². The van der Waals surface area contributed by atoms with Crippen LogP contribution in [0.5, 0.6) is 0 Å². The van der Waals surface area contributed by atoms with E-state index in [-0.39, 0.29) is 23.4 Å². The first-order valence-corrected chi connectivity index (χ1v) is 14.2. The molecule has 0 aliphatic carbocycles. The fourth-order valence-electron chi connectivity index (χ4n) is 3.96. The van der Waals surface area contributed by atoms with E-state index in [2.05, 4.69) is 5.32 Å². The van der Waals surface area contributed by atoms with Crippen LogP contribution in [0.15, 0.2) is 77.7 Å². The summed E-state index contributed by atoms with van der Waals surface area (Å²) >= 11 is 6.25. The third-order valence-corrected chi connectivity index (χ3v) is 8.13. The van der Waals surface area contributed by atoms with E-state index in [0.717, 1.165) is 15.4 Å². The normalized spacial score (nSPS) is 12.2. The van der Waals surface area contributed by atoms with E-state index in [4.69, 9.17) is 11.6 Å². The molecule has 3 aromatic rings. The molecule has 1 atom stereocenters. The zero-order chi connectivity index (χ0) is 28.0. The molecule has 38 heavy (non-hydrogen) atoms. The molecular weight excluding hydrogens is 522 g/mol. The second-order valence-corrected chi connectivity index (χ2v) is 11.9. The zero-order valence-electron chi connectivity index (χ0n) is 22.3. The quantitative estimate of drug-likeness (QED) is 0.377. The Bertz CT molecular complexity index is 1380. The molecule has 3 aromatic carbocycles. The molecule has 0 spiro atoms. The topological polar surface area (TPSA) is 86.8 Å². The molecule has 0 aliphatic rings. The number of aryl methyl sites for hydroxylation is 2. The summed E-state index contributed by atoms with van der Waals surface area (Å²) in [7, 11) is -4.14. The number of anilines is 1. The molecule has 0 saturated carbocycles. The third-order valence-electron chi connectivity index (χ3n) is 6.12. The zero-order valence-corrected chi connectivity index (χ0v) is 23.9. The molecule has 2 amide bonds. The molecular formula is C29H34ClN3O4S. The first-order valence-electron chi connectivity index (χ1n) is 12.4. The second kappa shape index (κ2) is 12.5. The number of carbonyl (C=O) groups excluding carboxylic acids is 2. The largest absolute Gasteiger partial charge is 0.352 e. The van der Waals surface area contributed by atoms with Gasteiger partial charge in [-0.2, -0.15) is 0 Å². The van der Waals surface area contributed by atoms with Crippen molar-refractivity contribution in [3.05, 3.63) is 94.5 Å². The van der Waals surface area contributed by atoms with Crippen LogP contribution in [0, 0.1) is 13.8 Å². The molecule has 0 heterocycles. The summed E-state index contributed by atoms with van der Waals surface area (Å²) in [5.41, 5.74) is 2.82. The lowest BCUT2D eigenvalue weighted by molar-refractivity contribution is -0.139. The predicted molar refractivity (Wildman–Crippen MR) is 152 cm³/mol. The lowest BCUT2D eigenvalue weighted by Gasteiger charge is -2.32. The Morgan fingerprint density at radius 3 is 2.16 bits per heavy atom. The van der Waals surface area contributed by atoms with E-state index in [0.29, 0.717) is 16.3 Å². The number of halogens is 1. The van der Waals surface area contributed by atoms with E-state index in [9.17, 15) is 18.0 Å². The number of nitrogens with zero attached hydrogens (tertiary/aromatic N) is 2. The summed E-state index contributed by atoms with van der Waals surface area (Å²) in [6.45, 7) is 8.67. The van der Waals surface area contributed by atoms with Crippen molar-refractivity contribution in [2.24, 2.45) is 0 Å². The Kier molecular flexibility index (Phi) is 9.57. The molecule has 0 saturated heterocycles. The van der Waals surface area contributed by atoms with Gasteiger partial charge in [-0.15, -0.1) is 0 Å². The first-order chi connectivity index (χ1) is 17.9. The predicted octanol–water partition coefficient (Wildman–Crippen LogP) is 5.09. The van der Waals surface area contributed by atoms with Crippen LogP contribution in [0.4, 0.5) is 5.69 Å². The maximum Gasteiger partial charge on any atom is 0.264 e.